The van der Waals surface area contributed by atoms with Crippen molar-refractivity contribution in [2.75, 3.05) is 18.0 Å². The van der Waals surface area contributed by atoms with Gasteiger partial charge in [0.15, 0.2) is 0 Å². The van der Waals surface area contributed by atoms with Gasteiger partial charge < -0.3 is 10.2 Å². The van der Waals surface area contributed by atoms with E-state index < -0.39 is 0 Å². The van der Waals surface area contributed by atoms with E-state index in [1.807, 2.05) is 25.1 Å². The average molecular weight is 250 g/mol. The zero-order valence-corrected chi connectivity index (χ0v) is 11.5. The number of aryl methyl sites for hydroxylation is 1. The monoisotopic (exact) mass is 250 g/mol. The molecule has 2 rings (SSSR count). The Kier molecular flexibility index (Phi) is 4.23. The number of hydrogen-bond donors (Lipinski definition) is 1. The normalized spacial score (nSPS) is 20.5. The largest absolute Gasteiger partial charge is 0.368 e. The fraction of sp³-hybridized carbons (Fsp3) is 0.600. The molecular formula is C15H23FN2. The molecule has 3 heteroatoms. The first-order chi connectivity index (χ1) is 8.58. The van der Waals surface area contributed by atoms with Crippen molar-refractivity contribution in [2.24, 2.45) is 0 Å². The highest BCUT2D eigenvalue weighted by molar-refractivity contribution is 5.50. The molecule has 0 aromatic heterocycles. The van der Waals surface area contributed by atoms with E-state index in [1.54, 1.807) is 0 Å². The van der Waals surface area contributed by atoms with Gasteiger partial charge in [0.05, 0.1) is 5.69 Å². The first-order valence-corrected chi connectivity index (χ1v) is 6.84. The SMILES string of the molecule is Cc1cccc(N2CCCC(NC(C)C)C2)c1F. The topological polar surface area (TPSA) is 15.3 Å². The third kappa shape index (κ3) is 3.02. The third-order valence-electron chi connectivity index (χ3n) is 3.50. The van der Waals surface area contributed by atoms with Gasteiger partial charge in [0.1, 0.15) is 5.82 Å². The summed E-state index contributed by atoms with van der Waals surface area (Å²) in [4.78, 5) is 2.17. The van der Waals surface area contributed by atoms with Crippen molar-refractivity contribution in [3.8, 4) is 0 Å². The number of rotatable bonds is 3. The lowest BCUT2D eigenvalue weighted by Crippen LogP contribution is -2.48. The Morgan fingerprint density at radius 1 is 1.39 bits per heavy atom. The van der Waals surface area contributed by atoms with Crippen LogP contribution < -0.4 is 10.2 Å². The minimum atomic E-state index is -0.0669. The number of anilines is 1. The Hall–Kier alpha value is -1.09. The van der Waals surface area contributed by atoms with Gasteiger partial charge in [-0.3, -0.25) is 0 Å². The van der Waals surface area contributed by atoms with E-state index in [4.69, 9.17) is 0 Å². The van der Waals surface area contributed by atoms with Crippen molar-refractivity contribution in [1.82, 2.24) is 5.32 Å². The smallest absolute Gasteiger partial charge is 0.149 e. The van der Waals surface area contributed by atoms with Crippen LogP contribution in [0.1, 0.15) is 32.3 Å². The van der Waals surface area contributed by atoms with Crippen molar-refractivity contribution in [3.05, 3.63) is 29.6 Å². The summed E-state index contributed by atoms with van der Waals surface area (Å²) >= 11 is 0. The number of hydrogen-bond acceptors (Lipinski definition) is 2. The lowest BCUT2D eigenvalue weighted by Gasteiger charge is -2.36. The standard InChI is InChI=1S/C15H23FN2/c1-11(2)17-13-7-5-9-18(10-13)14-8-4-6-12(3)15(14)16/h4,6,8,11,13,17H,5,7,9-10H2,1-3H3. The van der Waals surface area contributed by atoms with Crippen LogP contribution in [-0.2, 0) is 0 Å². The molecule has 0 spiro atoms. The number of nitrogens with zero attached hydrogens (tertiary/aromatic N) is 1. The first kappa shape index (κ1) is 13.3. The molecule has 0 bridgehead atoms. The Morgan fingerprint density at radius 2 is 2.17 bits per heavy atom. The summed E-state index contributed by atoms with van der Waals surface area (Å²) in [5.41, 5.74) is 1.48. The molecule has 100 valence electrons. The minimum absolute atomic E-state index is 0.0669. The van der Waals surface area contributed by atoms with Crippen LogP contribution >= 0.6 is 0 Å². The molecule has 2 nitrogen and oxygen atoms in total. The molecule has 0 saturated carbocycles. The van der Waals surface area contributed by atoms with Gasteiger partial charge in [0.2, 0.25) is 0 Å². The fourth-order valence-corrected chi connectivity index (χ4v) is 2.68. The molecular weight excluding hydrogens is 227 g/mol. The minimum Gasteiger partial charge on any atom is -0.368 e. The second-order valence-corrected chi connectivity index (χ2v) is 5.51. The number of halogens is 1. The molecule has 18 heavy (non-hydrogen) atoms. The van der Waals surface area contributed by atoms with E-state index in [1.165, 1.54) is 6.42 Å². The summed E-state index contributed by atoms with van der Waals surface area (Å²) in [7, 11) is 0. The molecule has 1 aromatic carbocycles. The molecule has 1 unspecified atom stereocenters. The molecule has 1 fully saturated rings. The van der Waals surface area contributed by atoms with Crippen LogP contribution in [0.4, 0.5) is 10.1 Å². The second kappa shape index (κ2) is 5.70. The van der Waals surface area contributed by atoms with Crippen LogP contribution in [0.15, 0.2) is 18.2 Å². The van der Waals surface area contributed by atoms with Gasteiger partial charge >= 0.3 is 0 Å². The van der Waals surface area contributed by atoms with E-state index in [0.717, 1.165) is 30.8 Å². The van der Waals surface area contributed by atoms with E-state index in [-0.39, 0.29) is 5.82 Å². The van der Waals surface area contributed by atoms with E-state index in [9.17, 15) is 4.39 Å². The summed E-state index contributed by atoms with van der Waals surface area (Å²) in [6, 6.07) is 6.61. The van der Waals surface area contributed by atoms with Crippen molar-refractivity contribution >= 4 is 5.69 Å². The van der Waals surface area contributed by atoms with Crippen LogP contribution in [0.2, 0.25) is 0 Å². The van der Waals surface area contributed by atoms with Gasteiger partial charge in [-0.15, -0.1) is 0 Å². The molecule has 1 atom stereocenters. The average Bonchev–Trinajstić information content (AvgIpc) is 2.32. The van der Waals surface area contributed by atoms with E-state index >= 15 is 0 Å². The molecule has 1 aliphatic rings. The van der Waals surface area contributed by atoms with E-state index in [0.29, 0.717) is 12.1 Å². The number of nitrogens with one attached hydrogen (secondary N) is 1. The van der Waals surface area contributed by atoms with Crippen molar-refractivity contribution in [1.29, 1.82) is 0 Å². The fourth-order valence-electron chi connectivity index (χ4n) is 2.68. The number of piperidine rings is 1. The maximum atomic E-state index is 14.1. The van der Waals surface area contributed by atoms with Crippen LogP contribution in [0.25, 0.3) is 0 Å². The van der Waals surface area contributed by atoms with Gasteiger partial charge in [-0.2, -0.15) is 0 Å². The number of benzene rings is 1. The highest BCUT2D eigenvalue weighted by Gasteiger charge is 2.22. The molecule has 1 saturated heterocycles. The van der Waals surface area contributed by atoms with Crippen molar-refractivity contribution in [3.63, 3.8) is 0 Å². The summed E-state index contributed by atoms with van der Waals surface area (Å²) in [5, 5.41) is 3.55. The quantitative estimate of drug-likeness (QED) is 0.886. The molecule has 1 aliphatic heterocycles. The highest BCUT2D eigenvalue weighted by Crippen LogP contribution is 2.25. The maximum Gasteiger partial charge on any atom is 0.149 e. The van der Waals surface area contributed by atoms with Gasteiger partial charge in [-0.25, -0.2) is 4.39 Å². The lowest BCUT2D eigenvalue weighted by molar-refractivity contribution is 0.392. The highest BCUT2D eigenvalue weighted by atomic mass is 19.1. The molecule has 0 amide bonds. The second-order valence-electron chi connectivity index (χ2n) is 5.51. The van der Waals surface area contributed by atoms with Gasteiger partial charge in [0.25, 0.3) is 0 Å². The predicted molar refractivity (Wildman–Crippen MR) is 74.6 cm³/mol. The van der Waals surface area contributed by atoms with Crippen LogP contribution in [0.3, 0.4) is 0 Å². The van der Waals surface area contributed by atoms with Crippen LogP contribution in [-0.4, -0.2) is 25.2 Å². The summed E-state index contributed by atoms with van der Waals surface area (Å²) in [5.74, 6) is -0.0669. The lowest BCUT2D eigenvalue weighted by atomic mass is 10.0. The van der Waals surface area contributed by atoms with E-state index in [2.05, 4.69) is 24.1 Å². The van der Waals surface area contributed by atoms with Crippen molar-refractivity contribution < 1.29 is 4.39 Å². The molecule has 1 N–H and O–H groups in total. The maximum absolute atomic E-state index is 14.1. The Morgan fingerprint density at radius 3 is 2.89 bits per heavy atom. The summed E-state index contributed by atoms with van der Waals surface area (Å²) < 4.78 is 14.1. The van der Waals surface area contributed by atoms with Crippen molar-refractivity contribution in [2.45, 2.75) is 45.7 Å². The molecule has 1 heterocycles. The summed E-state index contributed by atoms with van der Waals surface area (Å²) in [6.45, 7) is 8.00. The first-order valence-electron chi connectivity index (χ1n) is 6.84. The van der Waals surface area contributed by atoms with Crippen LogP contribution in [0.5, 0.6) is 0 Å². The summed E-state index contributed by atoms with van der Waals surface area (Å²) in [6.07, 6.45) is 2.31. The van der Waals surface area contributed by atoms with Gasteiger partial charge in [-0.05, 0) is 31.4 Å². The predicted octanol–water partition coefficient (Wildman–Crippen LogP) is 3.10. The Bertz CT molecular complexity index is 403. The van der Waals surface area contributed by atoms with Crippen LogP contribution in [0, 0.1) is 12.7 Å². The van der Waals surface area contributed by atoms with Gasteiger partial charge in [0, 0.05) is 25.2 Å². The zero-order chi connectivity index (χ0) is 13.1. The Labute approximate surface area is 109 Å². The molecule has 1 aromatic rings. The third-order valence-corrected chi connectivity index (χ3v) is 3.50. The molecule has 0 radical (unpaired) electrons. The Balaban J connectivity index is 2.11. The molecule has 0 aliphatic carbocycles. The zero-order valence-electron chi connectivity index (χ0n) is 11.5. The van der Waals surface area contributed by atoms with Gasteiger partial charge in [-0.1, -0.05) is 26.0 Å².